The van der Waals surface area contributed by atoms with E-state index in [2.05, 4.69) is 163 Å². The van der Waals surface area contributed by atoms with Crippen LogP contribution in [0.4, 0.5) is 17.1 Å². The third kappa shape index (κ3) is 4.17. The molecule has 2 nitrogen and oxygen atoms in total. The largest absolute Gasteiger partial charge is 0.454 e. The van der Waals surface area contributed by atoms with Gasteiger partial charge in [-0.15, -0.1) is 11.3 Å². The first-order chi connectivity index (χ1) is 28.6. The van der Waals surface area contributed by atoms with E-state index in [-0.39, 0.29) is 0 Å². The molecule has 10 aromatic rings. The van der Waals surface area contributed by atoms with E-state index in [1.165, 1.54) is 108 Å². The second kappa shape index (κ2) is 11.4. The molecule has 0 radical (unpaired) electrons. The Kier molecular flexibility index (Phi) is 6.31. The van der Waals surface area contributed by atoms with Crippen LogP contribution in [-0.4, -0.2) is 0 Å². The zero-order chi connectivity index (χ0) is 37.7. The van der Waals surface area contributed by atoms with E-state index in [1.54, 1.807) is 5.56 Å². The number of furan rings is 1. The standard InChI is InChI=1S/C55H41NOS/c1-2-12-39-34(10-1)11-9-17-40(39)42-24-25-47(43-14-4-3-13-41(42)43)56(38-22-20-35(21-23-38)54-29-33-26-36-27-37(31-54)55(36,30-33)32-54)48-28-46-44-15-6-8-19-50(44)58-53(46)52-51(48)45-16-5-7-18-49(45)57-52/h1-25,28,33,36-37H,26-27,29-32H2. The van der Waals surface area contributed by atoms with Crippen LogP contribution in [0.15, 0.2) is 162 Å². The number of anilines is 3. The molecule has 2 aromatic heterocycles. The Morgan fingerprint density at radius 2 is 1.29 bits per heavy atom. The quantitative estimate of drug-likeness (QED) is 0.174. The van der Waals surface area contributed by atoms with Gasteiger partial charge in [-0.3, -0.25) is 0 Å². The van der Waals surface area contributed by atoms with Crippen molar-refractivity contribution in [2.45, 2.75) is 43.9 Å². The minimum Gasteiger partial charge on any atom is -0.454 e. The van der Waals surface area contributed by atoms with Crippen LogP contribution in [0.2, 0.25) is 0 Å². The lowest BCUT2D eigenvalue weighted by molar-refractivity contribution is -0.000160. The Hall–Kier alpha value is -5.90. The molecule has 0 aliphatic heterocycles. The van der Waals surface area contributed by atoms with Gasteiger partial charge in [-0.05, 0) is 136 Å². The number of rotatable bonds is 5. The highest BCUT2D eigenvalue weighted by Gasteiger charge is 2.70. The molecule has 3 heteroatoms. The van der Waals surface area contributed by atoms with Crippen LogP contribution in [0.3, 0.4) is 0 Å². The minimum atomic E-state index is 0.345. The molecule has 5 unspecified atom stereocenters. The number of benzene rings is 8. The van der Waals surface area contributed by atoms with Gasteiger partial charge < -0.3 is 9.32 Å². The molecule has 0 saturated heterocycles. The van der Waals surface area contributed by atoms with E-state index < -0.39 is 0 Å². The lowest BCUT2D eigenvalue weighted by atomic mass is 9.55. The first kappa shape index (κ1) is 32.1. The van der Waals surface area contributed by atoms with E-state index in [1.807, 2.05) is 11.3 Å². The van der Waals surface area contributed by atoms with Crippen LogP contribution in [0.25, 0.3) is 74.8 Å². The lowest BCUT2D eigenvalue weighted by Crippen LogP contribution is -2.42. The highest BCUT2D eigenvalue weighted by atomic mass is 32.1. The summed E-state index contributed by atoms with van der Waals surface area (Å²) in [6.07, 6.45) is 8.67. The van der Waals surface area contributed by atoms with Crippen LogP contribution < -0.4 is 4.90 Å². The third-order valence-corrected chi connectivity index (χ3v) is 16.8. The van der Waals surface area contributed by atoms with Crippen LogP contribution in [-0.2, 0) is 5.41 Å². The number of thiophene rings is 1. The Bertz CT molecular complexity index is 3340. The summed E-state index contributed by atoms with van der Waals surface area (Å²) in [6.45, 7) is 0. The van der Waals surface area contributed by atoms with Gasteiger partial charge in [0.05, 0.1) is 21.5 Å². The van der Waals surface area contributed by atoms with E-state index in [4.69, 9.17) is 4.42 Å². The molecular formula is C55H41NOS. The first-order valence-electron chi connectivity index (χ1n) is 21.3. The second-order valence-electron chi connectivity index (χ2n) is 18.3. The molecule has 4 aliphatic carbocycles. The summed E-state index contributed by atoms with van der Waals surface area (Å²) in [5.41, 5.74) is 10.5. The van der Waals surface area contributed by atoms with Gasteiger partial charge in [0.15, 0.2) is 5.58 Å². The van der Waals surface area contributed by atoms with Crippen molar-refractivity contribution in [3.05, 3.63) is 163 Å². The average Bonchev–Trinajstić information content (AvgIpc) is 3.95. The molecule has 0 N–H and O–H groups in total. The summed E-state index contributed by atoms with van der Waals surface area (Å²) in [7, 11) is 0. The van der Waals surface area contributed by atoms with E-state index in [9.17, 15) is 0 Å². The van der Waals surface area contributed by atoms with Gasteiger partial charge >= 0.3 is 0 Å². The van der Waals surface area contributed by atoms with E-state index in [0.717, 1.165) is 40.0 Å². The topological polar surface area (TPSA) is 16.4 Å². The highest BCUT2D eigenvalue weighted by Crippen LogP contribution is 2.79. The molecule has 58 heavy (non-hydrogen) atoms. The zero-order valence-corrected chi connectivity index (χ0v) is 33.1. The van der Waals surface area contributed by atoms with Gasteiger partial charge in [0.2, 0.25) is 0 Å². The fraction of sp³-hybridized carbons (Fsp3) is 0.200. The molecule has 278 valence electrons. The van der Waals surface area contributed by atoms with Gasteiger partial charge in [0.25, 0.3) is 0 Å². The van der Waals surface area contributed by atoms with Crippen molar-refractivity contribution in [1.82, 2.24) is 0 Å². The van der Waals surface area contributed by atoms with Crippen LogP contribution in [0.5, 0.6) is 0 Å². The molecule has 4 aliphatic rings. The summed E-state index contributed by atoms with van der Waals surface area (Å²) < 4.78 is 9.41. The average molecular weight is 764 g/mol. The molecule has 14 rings (SSSR count). The van der Waals surface area contributed by atoms with Crippen molar-refractivity contribution < 1.29 is 4.42 Å². The van der Waals surface area contributed by atoms with Crippen molar-refractivity contribution in [3.8, 4) is 11.1 Å². The Morgan fingerprint density at radius 1 is 0.552 bits per heavy atom. The van der Waals surface area contributed by atoms with E-state index in [0.29, 0.717) is 10.8 Å². The minimum absolute atomic E-state index is 0.345. The van der Waals surface area contributed by atoms with Gasteiger partial charge in [0.1, 0.15) is 5.58 Å². The monoisotopic (exact) mass is 763 g/mol. The summed E-state index contributed by atoms with van der Waals surface area (Å²) in [4.78, 5) is 2.56. The molecule has 3 bridgehead atoms. The Labute approximate surface area is 341 Å². The van der Waals surface area contributed by atoms with Crippen LogP contribution >= 0.6 is 11.3 Å². The first-order valence-corrected chi connectivity index (χ1v) is 22.1. The lowest BCUT2D eigenvalue weighted by Gasteiger charge is -2.49. The molecule has 8 aromatic carbocycles. The van der Waals surface area contributed by atoms with Gasteiger partial charge in [-0.1, -0.05) is 121 Å². The van der Waals surface area contributed by atoms with Crippen molar-refractivity contribution in [2.75, 3.05) is 4.90 Å². The third-order valence-electron chi connectivity index (χ3n) is 15.6. The maximum atomic E-state index is 6.92. The SMILES string of the molecule is c1ccc2c(-c3ccc(N(c4ccc(C56CC7CC8CC(C5)C8(C7)C6)cc4)c4cc5c6ccccc6sc5c5oc6ccccc6c45)c4ccccc34)cccc2c1. The molecular weight excluding hydrogens is 723 g/mol. The van der Waals surface area contributed by atoms with Gasteiger partial charge in [-0.25, -0.2) is 0 Å². The Morgan fingerprint density at radius 3 is 2.19 bits per heavy atom. The van der Waals surface area contributed by atoms with Crippen molar-refractivity contribution in [3.63, 3.8) is 0 Å². The fourth-order valence-electron chi connectivity index (χ4n) is 13.5. The van der Waals surface area contributed by atoms with Crippen molar-refractivity contribution in [2.24, 2.45) is 23.2 Å². The maximum absolute atomic E-state index is 6.92. The molecule has 2 heterocycles. The second-order valence-corrected chi connectivity index (χ2v) is 19.3. The number of fused-ring (bicyclic) bond motifs is 11. The Balaban J connectivity index is 1.04. The predicted octanol–water partition coefficient (Wildman–Crippen LogP) is 15.9. The van der Waals surface area contributed by atoms with Crippen LogP contribution in [0, 0.1) is 23.2 Å². The summed E-state index contributed by atoms with van der Waals surface area (Å²) in [6, 6.07) is 59.1. The van der Waals surface area contributed by atoms with Crippen LogP contribution in [0.1, 0.15) is 44.1 Å². The maximum Gasteiger partial charge on any atom is 0.155 e. The predicted molar refractivity (Wildman–Crippen MR) is 244 cm³/mol. The zero-order valence-electron chi connectivity index (χ0n) is 32.2. The molecule has 4 fully saturated rings. The highest BCUT2D eigenvalue weighted by molar-refractivity contribution is 7.26. The molecule has 5 atom stereocenters. The molecule has 1 spiro atoms. The summed E-state index contributed by atoms with van der Waals surface area (Å²) >= 11 is 1.84. The molecule has 0 amide bonds. The van der Waals surface area contributed by atoms with Crippen molar-refractivity contribution >= 4 is 92.1 Å². The summed E-state index contributed by atoms with van der Waals surface area (Å²) in [5, 5.41) is 9.85. The van der Waals surface area contributed by atoms with Gasteiger partial charge in [-0.2, -0.15) is 0 Å². The fourth-order valence-corrected chi connectivity index (χ4v) is 14.6. The number of hydrogen-bond donors (Lipinski definition) is 0. The van der Waals surface area contributed by atoms with Gasteiger partial charge in [0, 0.05) is 31.9 Å². The van der Waals surface area contributed by atoms with Crippen molar-refractivity contribution in [1.29, 1.82) is 0 Å². The number of para-hydroxylation sites is 1. The summed E-state index contributed by atoms with van der Waals surface area (Å²) in [5.74, 6) is 2.87. The normalized spacial score (nSPS) is 24.4. The smallest absolute Gasteiger partial charge is 0.155 e. The van der Waals surface area contributed by atoms with E-state index >= 15 is 0 Å². The molecule has 4 saturated carbocycles. The number of hydrogen-bond acceptors (Lipinski definition) is 3. The number of nitrogens with zero attached hydrogens (tertiary/aromatic N) is 1.